The average molecular weight is 250 g/mol. The molecule has 1 aromatic carbocycles. The van der Waals surface area contributed by atoms with Crippen molar-refractivity contribution in [3.63, 3.8) is 0 Å². The Balaban J connectivity index is 2.10. The van der Waals surface area contributed by atoms with E-state index in [1.165, 1.54) is 0 Å². The molecule has 0 N–H and O–H groups in total. The molecule has 0 spiro atoms. The molecule has 1 amide bonds. The highest BCUT2D eigenvalue weighted by molar-refractivity contribution is 7.80. The molecule has 4 nitrogen and oxygen atoms in total. The number of benzene rings is 1. The van der Waals surface area contributed by atoms with Crippen LogP contribution in [0.1, 0.15) is 5.56 Å². The van der Waals surface area contributed by atoms with Gasteiger partial charge in [0.25, 0.3) is 0 Å². The number of methoxy groups -OCH3 is 1. The summed E-state index contributed by atoms with van der Waals surface area (Å²) in [5.41, 5.74) is 1.04. The van der Waals surface area contributed by atoms with Gasteiger partial charge in [0.1, 0.15) is 5.75 Å². The lowest BCUT2D eigenvalue weighted by atomic mass is 10.2. The van der Waals surface area contributed by atoms with Gasteiger partial charge in [0.05, 0.1) is 20.2 Å². The Morgan fingerprint density at radius 1 is 1.35 bits per heavy atom. The lowest BCUT2D eigenvalue weighted by molar-refractivity contribution is -0.125. The highest BCUT2D eigenvalue weighted by Crippen LogP contribution is 2.16. The van der Waals surface area contributed by atoms with Crippen LogP contribution in [0.15, 0.2) is 24.3 Å². The highest BCUT2D eigenvalue weighted by atomic mass is 32.1. The third-order valence-corrected chi connectivity index (χ3v) is 3.26. The fraction of sp³-hybridized carbons (Fsp3) is 0.333. The van der Waals surface area contributed by atoms with E-state index in [1.54, 1.807) is 16.9 Å². The van der Waals surface area contributed by atoms with E-state index in [0.717, 1.165) is 11.3 Å². The van der Waals surface area contributed by atoms with Crippen molar-refractivity contribution in [1.82, 2.24) is 9.80 Å². The number of amides is 1. The molecule has 0 aliphatic carbocycles. The van der Waals surface area contributed by atoms with Crippen molar-refractivity contribution in [2.75, 3.05) is 20.7 Å². The first-order valence-corrected chi connectivity index (χ1v) is 5.71. The minimum absolute atomic E-state index is 0.0494. The molecule has 1 aromatic rings. The summed E-state index contributed by atoms with van der Waals surface area (Å²) in [5, 5.41) is 0.589. The summed E-state index contributed by atoms with van der Waals surface area (Å²) in [7, 11) is 3.46. The van der Waals surface area contributed by atoms with Crippen molar-refractivity contribution in [1.29, 1.82) is 0 Å². The second-order valence-corrected chi connectivity index (χ2v) is 4.33. The minimum atomic E-state index is 0.0494. The van der Waals surface area contributed by atoms with E-state index < -0.39 is 0 Å². The van der Waals surface area contributed by atoms with Gasteiger partial charge in [-0.1, -0.05) is 12.1 Å². The molecule has 0 radical (unpaired) electrons. The highest BCUT2D eigenvalue weighted by Gasteiger charge is 2.29. The van der Waals surface area contributed by atoms with Crippen LogP contribution in [-0.2, 0) is 11.3 Å². The fourth-order valence-electron chi connectivity index (χ4n) is 1.74. The molecule has 0 saturated carbocycles. The summed E-state index contributed by atoms with van der Waals surface area (Å²) in [6, 6.07) is 7.63. The van der Waals surface area contributed by atoms with Crippen LogP contribution in [0.25, 0.3) is 0 Å². The van der Waals surface area contributed by atoms with Gasteiger partial charge in [0, 0.05) is 7.05 Å². The summed E-state index contributed by atoms with van der Waals surface area (Å²) in [6.45, 7) is 0.890. The van der Waals surface area contributed by atoms with E-state index in [9.17, 15) is 4.79 Å². The van der Waals surface area contributed by atoms with Crippen LogP contribution >= 0.6 is 12.2 Å². The number of hydrogen-bond acceptors (Lipinski definition) is 3. The van der Waals surface area contributed by atoms with E-state index >= 15 is 0 Å². The van der Waals surface area contributed by atoms with E-state index in [0.29, 0.717) is 18.2 Å². The first kappa shape index (κ1) is 11.9. The molecule has 0 unspecified atom stereocenters. The molecule has 1 fully saturated rings. The molecule has 0 aromatic heterocycles. The number of ether oxygens (including phenoxy) is 1. The molecule has 0 bridgehead atoms. The van der Waals surface area contributed by atoms with Gasteiger partial charge < -0.3 is 9.64 Å². The van der Waals surface area contributed by atoms with Crippen LogP contribution in [0.4, 0.5) is 0 Å². The van der Waals surface area contributed by atoms with Gasteiger partial charge in [-0.25, -0.2) is 0 Å². The third kappa shape index (κ3) is 2.39. The summed E-state index contributed by atoms with van der Waals surface area (Å²) in [4.78, 5) is 15.1. The van der Waals surface area contributed by atoms with E-state index in [4.69, 9.17) is 17.0 Å². The van der Waals surface area contributed by atoms with Gasteiger partial charge in [-0.3, -0.25) is 9.69 Å². The molecule has 5 heteroatoms. The average Bonchev–Trinajstić information content (AvgIpc) is 2.57. The maximum atomic E-state index is 11.7. The van der Waals surface area contributed by atoms with Gasteiger partial charge in [-0.2, -0.15) is 0 Å². The van der Waals surface area contributed by atoms with Crippen LogP contribution in [-0.4, -0.2) is 41.5 Å². The lowest BCUT2D eigenvalue weighted by Gasteiger charge is -2.17. The first-order chi connectivity index (χ1) is 8.11. The predicted octanol–water partition coefficient (Wildman–Crippen LogP) is 1.25. The monoisotopic (exact) mass is 250 g/mol. The zero-order valence-electron chi connectivity index (χ0n) is 9.84. The number of rotatable bonds is 3. The van der Waals surface area contributed by atoms with Gasteiger partial charge in [0.15, 0.2) is 5.11 Å². The second kappa shape index (κ2) is 4.71. The quantitative estimate of drug-likeness (QED) is 0.756. The zero-order valence-corrected chi connectivity index (χ0v) is 10.7. The molecule has 1 saturated heterocycles. The van der Waals surface area contributed by atoms with E-state index in [-0.39, 0.29) is 5.91 Å². The van der Waals surface area contributed by atoms with Gasteiger partial charge in [0.2, 0.25) is 5.91 Å². The van der Waals surface area contributed by atoms with Crippen molar-refractivity contribution >= 4 is 23.2 Å². The van der Waals surface area contributed by atoms with Gasteiger partial charge >= 0.3 is 0 Å². The molecular formula is C12H14N2O2S. The number of carbonyl (C=O) groups is 1. The Hall–Kier alpha value is -1.62. The second-order valence-electron chi connectivity index (χ2n) is 3.97. The van der Waals surface area contributed by atoms with Crippen LogP contribution in [0.3, 0.4) is 0 Å². The van der Waals surface area contributed by atoms with Crippen molar-refractivity contribution in [3.8, 4) is 5.75 Å². The minimum Gasteiger partial charge on any atom is -0.497 e. The summed E-state index contributed by atoms with van der Waals surface area (Å²) in [5.74, 6) is 0.856. The van der Waals surface area contributed by atoms with Gasteiger partial charge in [-0.15, -0.1) is 0 Å². The third-order valence-electron chi connectivity index (χ3n) is 2.73. The maximum Gasteiger partial charge on any atom is 0.248 e. The van der Waals surface area contributed by atoms with Crippen LogP contribution < -0.4 is 4.74 Å². The van der Waals surface area contributed by atoms with Crippen LogP contribution in [0.2, 0.25) is 0 Å². The van der Waals surface area contributed by atoms with Crippen molar-refractivity contribution in [2.45, 2.75) is 6.54 Å². The molecule has 0 atom stereocenters. The van der Waals surface area contributed by atoms with Crippen molar-refractivity contribution in [2.24, 2.45) is 0 Å². The molecule has 17 heavy (non-hydrogen) atoms. The van der Waals surface area contributed by atoms with Crippen molar-refractivity contribution in [3.05, 3.63) is 29.8 Å². The number of nitrogens with zero attached hydrogens (tertiary/aromatic N) is 2. The summed E-state index contributed by atoms with van der Waals surface area (Å²) >= 11 is 5.19. The standard InChI is InChI=1S/C12H14N2O2S/c1-13-8-11(15)14(12(13)17)7-9-3-5-10(16-2)6-4-9/h3-6H,7-8H2,1-2H3. The van der Waals surface area contributed by atoms with Crippen LogP contribution in [0.5, 0.6) is 5.75 Å². The molecular weight excluding hydrogens is 236 g/mol. The lowest BCUT2D eigenvalue weighted by Crippen LogP contribution is -2.30. The smallest absolute Gasteiger partial charge is 0.248 e. The number of carbonyl (C=O) groups excluding carboxylic acids is 1. The summed E-state index contributed by atoms with van der Waals surface area (Å²) < 4.78 is 5.08. The Kier molecular flexibility index (Phi) is 3.28. The zero-order chi connectivity index (χ0) is 12.4. The number of hydrogen-bond donors (Lipinski definition) is 0. The van der Waals surface area contributed by atoms with Gasteiger partial charge in [-0.05, 0) is 29.9 Å². The summed E-state index contributed by atoms with van der Waals surface area (Å²) in [6.07, 6.45) is 0. The molecule has 1 heterocycles. The van der Waals surface area contributed by atoms with Crippen molar-refractivity contribution < 1.29 is 9.53 Å². The number of likely N-dealkylation sites (N-methyl/N-ethyl adjacent to an activating group) is 1. The van der Waals surface area contributed by atoms with E-state index in [2.05, 4.69) is 0 Å². The Morgan fingerprint density at radius 2 is 2.00 bits per heavy atom. The first-order valence-electron chi connectivity index (χ1n) is 5.30. The molecule has 1 aliphatic rings. The topological polar surface area (TPSA) is 32.8 Å². The largest absolute Gasteiger partial charge is 0.497 e. The van der Waals surface area contributed by atoms with Crippen LogP contribution in [0, 0.1) is 0 Å². The Morgan fingerprint density at radius 3 is 2.47 bits per heavy atom. The Bertz CT molecular complexity index is 444. The predicted molar refractivity (Wildman–Crippen MR) is 68.8 cm³/mol. The number of thiocarbonyl (C=S) groups is 1. The van der Waals surface area contributed by atoms with E-state index in [1.807, 2.05) is 31.3 Å². The molecule has 90 valence electrons. The Labute approximate surface area is 106 Å². The molecule has 1 aliphatic heterocycles. The normalized spacial score (nSPS) is 15.6. The SMILES string of the molecule is COc1ccc(CN2C(=O)CN(C)C2=S)cc1. The molecule has 2 rings (SSSR count). The maximum absolute atomic E-state index is 11.7. The fourth-order valence-corrected chi connectivity index (χ4v) is 1.97.